The van der Waals surface area contributed by atoms with Crippen LogP contribution >= 0.6 is 0 Å². The van der Waals surface area contributed by atoms with Crippen LogP contribution in [0.25, 0.3) is 5.65 Å². The lowest BCUT2D eigenvalue weighted by molar-refractivity contribution is 0.189. The largest absolute Gasteiger partial charge is 0.459 e. The van der Waals surface area contributed by atoms with Gasteiger partial charge in [0.2, 0.25) is 0 Å². The molecule has 1 aliphatic heterocycles. The maximum Gasteiger partial charge on any atom is 0.336 e. The Morgan fingerprint density at radius 2 is 2.35 bits per heavy atom. The molecule has 0 aliphatic carbocycles. The summed E-state index contributed by atoms with van der Waals surface area (Å²) in [5.74, 6) is 0.351. The fourth-order valence-electron chi connectivity index (χ4n) is 2.81. The van der Waals surface area contributed by atoms with Gasteiger partial charge in [-0.1, -0.05) is 25.0 Å². The molecule has 1 atom stereocenters. The lowest BCUT2D eigenvalue weighted by Crippen LogP contribution is -2.21. The highest BCUT2D eigenvalue weighted by atomic mass is 16.5. The minimum absolute atomic E-state index is 0.0657. The summed E-state index contributed by atoms with van der Waals surface area (Å²) in [6, 6.07) is 0.314. The normalized spacial score (nSPS) is 16.3. The molecule has 0 amide bonds. The first-order chi connectivity index (χ1) is 11.2. The number of nitrogens with zero attached hydrogens (tertiary/aromatic N) is 4. The molecule has 0 fully saturated rings. The third kappa shape index (κ3) is 3.61. The summed E-state index contributed by atoms with van der Waals surface area (Å²) < 4.78 is 7.55. The van der Waals surface area contributed by atoms with Crippen LogP contribution in [0, 0.1) is 0 Å². The second-order valence-corrected chi connectivity index (χ2v) is 5.97. The summed E-state index contributed by atoms with van der Waals surface area (Å²) in [5.41, 5.74) is 9.00. The number of nitrogens with two attached hydrogens (primary N) is 1. The summed E-state index contributed by atoms with van der Waals surface area (Å²) in [6.07, 6.45) is 8.00. The highest BCUT2D eigenvalue weighted by molar-refractivity contribution is 5.59. The van der Waals surface area contributed by atoms with Crippen LogP contribution < -0.4 is 15.8 Å². The number of fused-ring (bicyclic) bond motifs is 1. The van der Waals surface area contributed by atoms with Crippen molar-refractivity contribution < 1.29 is 4.74 Å². The summed E-state index contributed by atoms with van der Waals surface area (Å²) in [6.45, 7) is 6.08. The number of ether oxygens (including phenoxy) is 1. The molecule has 0 bridgehead atoms. The van der Waals surface area contributed by atoms with E-state index in [0.29, 0.717) is 17.5 Å². The quantitative estimate of drug-likeness (QED) is 0.789. The van der Waals surface area contributed by atoms with Gasteiger partial charge in [-0.2, -0.15) is 4.98 Å². The minimum Gasteiger partial charge on any atom is -0.459 e. The Kier molecular flexibility index (Phi) is 4.76. The molecule has 23 heavy (non-hydrogen) atoms. The Bertz CT molecular complexity index is 708. The number of imidazole rings is 1. The third-order valence-corrected chi connectivity index (χ3v) is 4.01. The maximum atomic E-state index is 6.01. The van der Waals surface area contributed by atoms with Gasteiger partial charge in [0.1, 0.15) is 0 Å². The van der Waals surface area contributed by atoms with Crippen LogP contribution in [-0.4, -0.2) is 38.8 Å². The van der Waals surface area contributed by atoms with E-state index in [2.05, 4.69) is 33.4 Å². The van der Waals surface area contributed by atoms with Crippen molar-refractivity contribution in [3.63, 3.8) is 0 Å². The van der Waals surface area contributed by atoms with Crippen molar-refractivity contribution in [1.82, 2.24) is 24.9 Å². The highest BCUT2D eigenvalue weighted by Gasteiger charge is 2.15. The van der Waals surface area contributed by atoms with Crippen molar-refractivity contribution in [2.24, 2.45) is 0 Å². The van der Waals surface area contributed by atoms with E-state index in [1.807, 2.05) is 13.1 Å². The van der Waals surface area contributed by atoms with Crippen molar-refractivity contribution in [3.8, 4) is 6.01 Å². The number of anilines is 1. The molecule has 0 aromatic carbocycles. The highest BCUT2D eigenvalue weighted by Crippen LogP contribution is 2.19. The Morgan fingerprint density at radius 1 is 1.48 bits per heavy atom. The molecule has 0 spiro atoms. The predicted octanol–water partition coefficient (Wildman–Crippen LogP) is 1.74. The van der Waals surface area contributed by atoms with Crippen LogP contribution in [0.1, 0.15) is 38.8 Å². The summed E-state index contributed by atoms with van der Waals surface area (Å²) in [4.78, 5) is 8.58. The molecular weight excluding hydrogens is 292 g/mol. The molecule has 0 radical (unpaired) electrons. The summed E-state index contributed by atoms with van der Waals surface area (Å²) in [5, 5.41) is 7.80. The average molecular weight is 316 g/mol. The standard InChI is InChI=1S/C16H24N6O/c1-3-4-11(2)23-16-20-14(17)15-19-10-13(22(15)21-16)9-12-5-7-18-8-6-12/h5,10-11,18H,3-4,6-9H2,1-2H3,(H2,17,20,21)/t11-/m0/s1. The first kappa shape index (κ1) is 15.7. The van der Waals surface area contributed by atoms with Gasteiger partial charge in [0.25, 0.3) is 0 Å². The van der Waals surface area contributed by atoms with Crippen LogP contribution in [0.4, 0.5) is 5.82 Å². The van der Waals surface area contributed by atoms with E-state index >= 15 is 0 Å². The topological polar surface area (TPSA) is 90.4 Å². The summed E-state index contributed by atoms with van der Waals surface area (Å²) in [7, 11) is 0. The fourth-order valence-corrected chi connectivity index (χ4v) is 2.81. The van der Waals surface area contributed by atoms with Crippen LogP contribution in [0.2, 0.25) is 0 Å². The van der Waals surface area contributed by atoms with E-state index in [-0.39, 0.29) is 6.10 Å². The van der Waals surface area contributed by atoms with Gasteiger partial charge in [-0.15, -0.1) is 5.10 Å². The molecular formula is C16H24N6O. The number of nitrogens with one attached hydrogen (secondary N) is 1. The Balaban J connectivity index is 1.87. The van der Waals surface area contributed by atoms with Crippen molar-refractivity contribution in [2.45, 2.75) is 45.6 Å². The second-order valence-electron chi connectivity index (χ2n) is 5.97. The number of nitrogen functional groups attached to an aromatic ring is 1. The van der Waals surface area contributed by atoms with Crippen molar-refractivity contribution >= 4 is 11.5 Å². The van der Waals surface area contributed by atoms with E-state index in [0.717, 1.165) is 44.5 Å². The first-order valence-electron chi connectivity index (χ1n) is 8.22. The lowest BCUT2D eigenvalue weighted by Gasteiger charge is -2.14. The van der Waals surface area contributed by atoms with Crippen molar-refractivity contribution in [3.05, 3.63) is 23.5 Å². The molecule has 1 aliphatic rings. The number of hydrogen-bond donors (Lipinski definition) is 2. The van der Waals surface area contributed by atoms with Gasteiger partial charge >= 0.3 is 6.01 Å². The van der Waals surface area contributed by atoms with Crippen LogP contribution in [0.15, 0.2) is 17.8 Å². The van der Waals surface area contributed by atoms with Crippen LogP contribution in [0.5, 0.6) is 6.01 Å². The van der Waals surface area contributed by atoms with Gasteiger partial charge in [-0.25, -0.2) is 9.50 Å². The average Bonchev–Trinajstić information content (AvgIpc) is 2.92. The fraction of sp³-hybridized carbons (Fsp3) is 0.562. The molecule has 0 saturated heterocycles. The van der Waals surface area contributed by atoms with Gasteiger partial charge in [-0.3, -0.25) is 0 Å². The molecule has 3 heterocycles. The molecule has 7 heteroatoms. The first-order valence-corrected chi connectivity index (χ1v) is 8.22. The molecule has 3 rings (SSSR count). The SMILES string of the molecule is CCC[C@H](C)Oc1nc(N)c2ncc(CC3=CCNCC3)n2n1. The minimum atomic E-state index is 0.0657. The zero-order valence-corrected chi connectivity index (χ0v) is 13.7. The monoisotopic (exact) mass is 316 g/mol. The van der Waals surface area contributed by atoms with Gasteiger partial charge in [-0.05, 0) is 26.3 Å². The number of rotatable bonds is 6. The van der Waals surface area contributed by atoms with E-state index < -0.39 is 0 Å². The molecule has 7 nitrogen and oxygen atoms in total. The molecule has 2 aromatic rings. The third-order valence-electron chi connectivity index (χ3n) is 4.01. The number of aromatic nitrogens is 4. The smallest absolute Gasteiger partial charge is 0.336 e. The van der Waals surface area contributed by atoms with Gasteiger partial charge in [0, 0.05) is 13.0 Å². The Morgan fingerprint density at radius 3 is 3.09 bits per heavy atom. The maximum absolute atomic E-state index is 6.01. The zero-order valence-electron chi connectivity index (χ0n) is 13.7. The van der Waals surface area contributed by atoms with Crippen LogP contribution in [-0.2, 0) is 6.42 Å². The number of hydrogen-bond acceptors (Lipinski definition) is 6. The van der Waals surface area contributed by atoms with Gasteiger partial charge in [0.15, 0.2) is 11.5 Å². The second kappa shape index (κ2) is 6.95. The van der Waals surface area contributed by atoms with Gasteiger partial charge < -0.3 is 15.8 Å². The summed E-state index contributed by atoms with van der Waals surface area (Å²) >= 11 is 0. The van der Waals surface area contributed by atoms with Crippen molar-refractivity contribution in [2.75, 3.05) is 18.8 Å². The molecule has 2 aromatic heterocycles. The molecule has 124 valence electrons. The van der Waals surface area contributed by atoms with Gasteiger partial charge in [0.05, 0.1) is 18.0 Å². The van der Waals surface area contributed by atoms with Crippen molar-refractivity contribution in [1.29, 1.82) is 0 Å². The van der Waals surface area contributed by atoms with E-state index in [9.17, 15) is 0 Å². The Hall–Kier alpha value is -2.15. The van der Waals surface area contributed by atoms with E-state index in [1.54, 1.807) is 4.52 Å². The van der Waals surface area contributed by atoms with E-state index in [4.69, 9.17) is 10.5 Å². The van der Waals surface area contributed by atoms with Crippen LogP contribution in [0.3, 0.4) is 0 Å². The van der Waals surface area contributed by atoms with E-state index in [1.165, 1.54) is 5.57 Å². The predicted molar refractivity (Wildman–Crippen MR) is 89.5 cm³/mol. The Labute approximate surface area is 135 Å². The lowest BCUT2D eigenvalue weighted by atomic mass is 10.0. The molecule has 3 N–H and O–H groups in total. The molecule has 0 unspecified atom stereocenters. The zero-order chi connectivity index (χ0) is 16.2. The molecule has 0 saturated carbocycles.